The molecule has 1 atom stereocenters. The van der Waals surface area contributed by atoms with Crippen LogP contribution in [0.25, 0.3) is 0 Å². The van der Waals surface area contributed by atoms with Gasteiger partial charge in [0, 0.05) is 24.4 Å². The number of amides is 1. The molecule has 5 nitrogen and oxygen atoms in total. The van der Waals surface area contributed by atoms with Crippen molar-refractivity contribution < 1.29 is 17.6 Å². The molecule has 1 aromatic heterocycles. The average molecular weight is 272 g/mol. The van der Waals surface area contributed by atoms with Crippen molar-refractivity contribution in [2.75, 3.05) is 12.3 Å². The first-order valence-corrected chi connectivity index (χ1v) is 7.32. The molecule has 1 amide bonds. The number of nitrogens with one attached hydrogen (secondary N) is 1. The predicted octanol–water partition coefficient (Wildman–Crippen LogP) is 0.528. The number of halogens is 1. The van der Waals surface area contributed by atoms with E-state index in [1.165, 1.54) is 12.3 Å². The maximum Gasteiger partial charge on any atom is 0.251 e. The predicted molar refractivity (Wildman–Crippen MR) is 63.3 cm³/mol. The van der Waals surface area contributed by atoms with Crippen LogP contribution in [0.4, 0.5) is 4.39 Å². The number of hydrogen-bond donors (Lipinski definition) is 1. The van der Waals surface area contributed by atoms with Gasteiger partial charge < -0.3 is 5.32 Å². The van der Waals surface area contributed by atoms with E-state index in [1.54, 1.807) is 0 Å². The van der Waals surface area contributed by atoms with Crippen LogP contribution in [0, 0.1) is 5.95 Å². The van der Waals surface area contributed by atoms with Gasteiger partial charge in [0.1, 0.15) is 0 Å². The minimum absolute atomic E-state index is 0.0745. The van der Waals surface area contributed by atoms with Gasteiger partial charge in [0.15, 0.2) is 9.84 Å². The topological polar surface area (TPSA) is 76.1 Å². The molecule has 1 aromatic rings. The van der Waals surface area contributed by atoms with Gasteiger partial charge in [-0.3, -0.25) is 4.79 Å². The first kappa shape index (κ1) is 12.9. The van der Waals surface area contributed by atoms with Crippen LogP contribution in [0.3, 0.4) is 0 Å². The van der Waals surface area contributed by atoms with Crippen LogP contribution in [-0.2, 0) is 9.84 Å². The van der Waals surface area contributed by atoms with Crippen LogP contribution in [0.2, 0.25) is 0 Å². The second-order valence-electron chi connectivity index (χ2n) is 4.21. The molecule has 0 saturated carbocycles. The third kappa shape index (κ3) is 2.84. The summed E-state index contributed by atoms with van der Waals surface area (Å²) in [5.74, 6) is -1.05. The molecular weight excluding hydrogens is 259 g/mol. The molecule has 1 N–H and O–H groups in total. The van der Waals surface area contributed by atoms with Crippen molar-refractivity contribution in [2.45, 2.75) is 18.1 Å². The molecule has 7 heteroatoms. The molecule has 1 fully saturated rings. The van der Waals surface area contributed by atoms with Gasteiger partial charge in [0.2, 0.25) is 5.95 Å². The van der Waals surface area contributed by atoms with Gasteiger partial charge in [-0.25, -0.2) is 13.4 Å². The second-order valence-corrected chi connectivity index (χ2v) is 6.61. The molecule has 0 radical (unpaired) electrons. The van der Waals surface area contributed by atoms with Crippen molar-refractivity contribution in [2.24, 2.45) is 0 Å². The summed E-state index contributed by atoms with van der Waals surface area (Å²) in [5, 5.41) is 1.99. The van der Waals surface area contributed by atoms with Gasteiger partial charge in [-0.2, -0.15) is 4.39 Å². The summed E-state index contributed by atoms with van der Waals surface area (Å²) in [7, 11) is -3.07. The number of pyridine rings is 1. The van der Waals surface area contributed by atoms with Gasteiger partial charge in [0.05, 0.1) is 11.0 Å². The Hall–Kier alpha value is -1.50. The minimum Gasteiger partial charge on any atom is -0.351 e. The zero-order valence-electron chi connectivity index (χ0n) is 9.60. The van der Waals surface area contributed by atoms with Gasteiger partial charge >= 0.3 is 0 Å². The van der Waals surface area contributed by atoms with E-state index in [1.807, 2.05) is 0 Å². The highest BCUT2D eigenvalue weighted by Gasteiger charge is 2.31. The highest BCUT2D eigenvalue weighted by atomic mass is 32.2. The smallest absolute Gasteiger partial charge is 0.251 e. The molecular formula is C11H13FN2O3S. The Balaban J connectivity index is 1.97. The summed E-state index contributed by atoms with van der Waals surface area (Å²) in [6, 6.07) is 2.39. The molecule has 1 aliphatic heterocycles. The summed E-state index contributed by atoms with van der Waals surface area (Å²) in [5.41, 5.74) is 0.137. The van der Waals surface area contributed by atoms with E-state index in [2.05, 4.69) is 10.3 Å². The Bertz CT molecular complexity index is 559. The summed E-state index contributed by atoms with van der Waals surface area (Å²) < 4.78 is 35.9. The standard InChI is InChI=1S/C11H13FN2O3S/c12-10-6-8(3-4-13-10)11(15)14-7-9-2-1-5-18(9,16)17/h3-4,6,9H,1-2,5,7H2,(H,14,15). The molecule has 2 rings (SSSR count). The number of aromatic nitrogens is 1. The lowest BCUT2D eigenvalue weighted by atomic mass is 10.2. The molecule has 1 aliphatic rings. The molecule has 2 heterocycles. The van der Waals surface area contributed by atoms with Crippen molar-refractivity contribution in [3.63, 3.8) is 0 Å². The number of carbonyl (C=O) groups excluding carboxylic acids is 1. The fourth-order valence-electron chi connectivity index (χ4n) is 1.94. The first-order chi connectivity index (χ1) is 8.49. The van der Waals surface area contributed by atoms with Gasteiger partial charge in [0.25, 0.3) is 5.91 Å². The molecule has 1 unspecified atom stereocenters. The summed E-state index contributed by atoms with van der Waals surface area (Å²) in [6.07, 6.45) is 2.39. The normalized spacial score (nSPS) is 21.7. The molecule has 0 aliphatic carbocycles. The SMILES string of the molecule is O=C(NCC1CCCS1(=O)=O)c1ccnc(F)c1. The quantitative estimate of drug-likeness (QED) is 0.814. The number of hydrogen-bond acceptors (Lipinski definition) is 4. The molecule has 18 heavy (non-hydrogen) atoms. The maximum absolute atomic E-state index is 12.8. The fourth-order valence-corrected chi connectivity index (χ4v) is 3.71. The van der Waals surface area contributed by atoms with Crippen LogP contribution in [0.1, 0.15) is 23.2 Å². The second kappa shape index (κ2) is 5.01. The van der Waals surface area contributed by atoms with Crippen LogP contribution < -0.4 is 5.32 Å². The molecule has 0 bridgehead atoms. The Morgan fingerprint density at radius 1 is 1.56 bits per heavy atom. The molecule has 0 spiro atoms. The lowest BCUT2D eigenvalue weighted by molar-refractivity contribution is 0.0953. The van der Waals surface area contributed by atoms with E-state index in [0.717, 1.165) is 6.07 Å². The van der Waals surface area contributed by atoms with Crippen molar-refractivity contribution in [3.8, 4) is 0 Å². The van der Waals surface area contributed by atoms with Crippen LogP contribution in [0.15, 0.2) is 18.3 Å². The largest absolute Gasteiger partial charge is 0.351 e. The first-order valence-electron chi connectivity index (χ1n) is 5.60. The molecule has 0 aromatic carbocycles. The Morgan fingerprint density at radius 3 is 2.94 bits per heavy atom. The summed E-state index contributed by atoms with van der Waals surface area (Å²) >= 11 is 0. The number of nitrogens with zero attached hydrogens (tertiary/aromatic N) is 1. The Labute approximate surface area is 104 Å². The molecule has 98 valence electrons. The van der Waals surface area contributed by atoms with Crippen molar-refractivity contribution in [1.82, 2.24) is 10.3 Å². The van der Waals surface area contributed by atoms with Crippen LogP contribution >= 0.6 is 0 Å². The zero-order valence-corrected chi connectivity index (χ0v) is 10.4. The van der Waals surface area contributed by atoms with Gasteiger partial charge in [-0.05, 0) is 18.9 Å². The van der Waals surface area contributed by atoms with Crippen molar-refractivity contribution in [1.29, 1.82) is 0 Å². The van der Waals surface area contributed by atoms with Gasteiger partial charge in [-0.1, -0.05) is 0 Å². The number of sulfone groups is 1. The summed E-state index contributed by atoms with van der Waals surface area (Å²) in [6.45, 7) is 0.0745. The van der Waals surface area contributed by atoms with Crippen LogP contribution in [-0.4, -0.2) is 36.9 Å². The Morgan fingerprint density at radius 2 is 2.33 bits per heavy atom. The van der Waals surface area contributed by atoms with E-state index in [9.17, 15) is 17.6 Å². The van der Waals surface area contributed by atoms with E-state index in [0.29, 0.717) is 12.8 Å². The lowest BCUT2D eigenvalue weighted by Crippen LogP contribution is -2.34. The monoisotopic (exact) mass is 272 g/mol. The lowest BCUT2D eigenvalue weighted by Gasteiger charge is -2.10. The zero-order chi connectivity index (χ0) is 13.2. The maximum atomic E-state index is 12.8. The fraction of sp³-hybridized carbons (Fsp3) is 0.455. The number of rotatable bonds is 3. The Kier molecular flexibility index (Phi) is 3.60. The number of carbonyl (C=O) groups is 1. The average Bonchev–Trinajstić information content (AvgIpc) is 2.65. The van der Waals surface area contributed by atoms with E-state index >= 15 is 0 Å². The highest BCUT2D eigenvalue weighted by Crippen LogP contribution is 2.19. The minimum atomic E-state index is -3.07. The van der Waals surface area contributed by atoms with Crippen molar-refractivity contribution >= 4 is 15.7 Å². The van der Waals surface area contributed by atoms with Gasteiger partial charge in [-0.15, -0.1) is 0 Å². The third-order valence-corrected chi connectivity index (χ3v) is 5.22. The van der Waals surface area contributed by atoms with E-state index < -0.39 is 26.9 Å². The van der Waals surface area contributed by atoms with Crippen LogP contribution in [0.5, 0.6) is 0 Å². The summed E-state index contributed by atoms with van der Waals surface area (Å²) in [4.78, 5) is 15.0. The molecule has 1 saturated heterocycles. The van der Waals surface area contributed by atoms with Crippen molar-refractivity contribution in [3.05, 3.63) is 29.8 Å². The highest BCUT2D eigenvalue weighted by molar-refractivity contribution is 7.92. The van der Waals surface area contributed by atoms with E-state index in [4.69, 9.17) is 0 Å². The third-order valence-electron chi connectivity index (χ3n) is 2.94. The van der Waals surface area contributed by atoms with E-state index in [-0.39, 0.29) is 17.9 Å².